The Morgan fingerprint density at radius 3 is 1.09 bits per heavy atom. The van der Waals surface area contributed by atoms with Crippen molar-refractivity contribution in [2.75, 3.05) is 0 Å². The van der Waals surface area contributed by atoms with Gasteiger partial charge in [-0.1, -0.05) is 149 Å². The Hall–Kier alpha value is -0.120. The van der Waals surface area contributed by atoms with E-state index < -0.39 is 18.3 Å². The molecule has 3 heteroatoms. The summed E-state index contributed by atoms with van der Waals surface area (Å²) in [6.45, 7) is 4.45. The van der Waals surface area contributed by atoms with Crippen LogP contribution < -0.4 is 0 Å². The third-order valence-electron chi connectivity index (χ3n) is 6.95. The Morgan fingerprint density at radius 1 is 0.375 bits per heavy atom. The Kier molecular flexibility index (Phi) is 25.4. The highest BCUT2D eigenvalue weighted by Crippen LogP contribution is 2.17. The summed E-state index contributed by atoms with van der Waals surface area (Å²) in [5.74, 6) is 0. The molecule has 194 valence electrons. The van der Waals surface area contributed by atoms with Gasteiger partial charge in [0.1, 0.15) is 0 Å². The van der Waals surface area contributed by atoms with Crippen molar-refractivity contribution in [2.24, 2.45) is 0 Å². The lowest BCUT2D eigenvalue weighted by molar-refractivity contribution is -0.0182. The molecule has 0 bridgehead atoms. The maximum Gasteiger partial charge on any atom is 0.0823 e. The van der Waals surface area contributed by atoms with E-state index in [4.69, 9.17) is 0 Å². The number of aliphatic hydroxyl groups is 3. The van der Waals surface area contributed by atoms with Gasteiger partial charge in [-0.25, -0.2) is 0 Å². The quantitative estimate of drug-likeness (QED) is 0.114. The lowest BCUT2D eigenvalue weighted by atomic mass is 9.98. The number of unbranched alkanes of at least 4 members (excludes halogenated alkanes) is 19. The fourth-order valence-corrected chi connectivity index (χ4v) is 4.63. The van der Waals surface area contributed by atoms with Gasteiger partial charge in [0.15, 0.2) is 0 Å². The standard InChI is InChI=1S/C29H60O3/c1-3-5-7-9-10-11-12-13-14-15-16-17-18-19-20-21-22-24-27(30)26-29(32)28(31)25-23-8-6-4-2/h27-32H,3-26H2,1-2H3/t27-,28+,29+/m1/s1. The van der Waals surface area contributed by atoms with Crippen molar-refractivity contribution < 1.29 is 15.3 Å². The molecule has 0 fully saturated rings. The molecule has 3 N–H and O–H groups in total. The highest BCUT2D eigenvalue weighted by atomic mass is 16.3. The van der Waals surface area contributed by atoms with Crippen LogP contribution in [0.5, 0.6) is 0 Å². The van der Waals surface area contributed by atoms with Gasteiger partial charge < -0.3 is 15.3 Å². The summed E-state index contributed by atoms with van der Waals surface area (Å²) in [6.07, 6.45) is 27.3. The Morgan fingerprint density at radius 2 is 0.688 bits per heavy atom. The molecule has 3 nitrogen and oxygen atoms in total. The second-order valence-corrected chi connectivity index (χ2v) is 10.3. The number of aliphatic hydroxyl groups excluding tert-OH is 3. The third kappa shape index (κ3) is 23.1. The summed E-state index contributed by atoms with van der Waals surface area (Å²) < 4.78 is 0. The van der Waals surface area contributed by atoms with Crippen LogP contribution in [0.15, 0.2) is 0 Å². The van der Waals surface area contributed by atoms with Crippen LogP contribution in [0.3, 0.4) is 0 Å². The van der Waals surface area contributed by atoms with E-state index in [1.54, 1.807) is 0 Å². The van der Waals surface area contributed by atoms with Crippen LogP contribution in [0, 0.1) is 0 Å². The monoisotopic (exact) mass is 456 g/mol. The molecule has 0 radical (unpaired) electrons. The average molecular weight is 457 g/mol. The second-order valence-electron chi connectivity index (χ2n) is 10.3. The second kappa shape index (κ2) is 25.5. The molecular weight excluding hydrogens is 396 g/mol. The summed E-state index contributed by atoms with van der Waals surface area (Å²) >= 11 is 0. The van der Waals surface area contributed by atoms with Crippen LogP contribution in [0.2, 0.25) is 0 Å². The molecular formula is C29H60O3. The van der Waals surface area contributed by atoms with E-state index in [1.807, 2.05) is 0 Å². The van der Waals surface area contributed by atoms with Gasteiger partial charge in [-0.15, -0.1) is 0 Å². The van der Waals surface area contributed by atoms with Gasteiger partial charge in [0, 0.05) is 6.42 Å². The minimum absolute atomic E-state index is 0.313. The van der Waals surface area contributed by atoms with E-state index in [2.05, 4.69) is 13.8 Å². The molecule has 0 aromatic rings. The molecule has 3 atom stereocenters. The van der Waals surface area contributed by atoms with E-state index >= 15 is 0 Å². The van der Waals surface area contributed by atoms with Crippen LogP contribution in [-0.4, -0.2) is 33.6 Å². The predicted octanol–water partition coefficient (Wildman–Crippen LogP) is 8.47. The highest BCUT2D eigenvalue weighted by molar-refractivity contribution is 4.71. The largest absolute Gasteiger partial charge is 0.393 e. The van der Waals surface area contributed by atoms with Gasteiger partial charge in [0.05, 0.1) is 18.3 Å². The molecule has 0 amide bonds. The van der Waals surface area contributed by atoms with Crippen LogP contribution in [0.25, 0.3) is 0 Å². The van der Waals surface area contributed by atoms with Crippen molar-refractivity contribution in [3.63, 3.8) is 0 Å². The van der Waals surface area contributed by atoms with E-state index in [9.17, 15) is 15.3 Å². The normalized spacial score (nSPS) is 14.5. The van der Waals surface area contributed by atoms with Crippen molar-refractivity contribution in [3.05, 3.63) is 0 Å². The van der Waals surface area contributed by atoms with Crippen LogP contribution >= 0.6 is 0 Å². The summed E-state index contributed by atoms with van der Waals surface area (Å²) in [4.78, 5) is 0. The van der Waals surface area contributed by atoms with Crippen LogP contribution in [0.1, 0.15) is 168 Å². The van der Waals surface area contributed by atoms with Crippen molar-refractivity contribution in [1.29, 1.82) is 0 Å². The van der Waals surface area contributed by atoms with Gasteiger partial charge in [0.2, 0.25) is 0 Å². The molecule has 0 saturated carbocycles. The van der Waals surface area contributed by atoms with Crippen LogP contribution in [0.4, 0.5) is 0 Å². The van der Waals surface area contributed by atoms with E-state index in [0.717, 1.165) is 25.7 Å². The minimum Gasteiger partial charge on any atom is -0.393 e. The molecule has 0 heterocycles. The zero-order chi connectivity index (χ0) is 23.7. The maximum absolute atomic E-state index is 10.1. The molecule has 0 aliphatic heterocycles. The molecule has 0 aromatic carbocycles. The van der Waals surface area contributed by atoms with Gasteiger partial charge in [0.25, 0.3) is 0 Å². The summed E-state index contributed by atoms with van der Waals surface area (Å²) in [5, 5.41) is 30.2. The Bertz CT molecular complexity index is 347. The SMILES string of the molecule is CCCCCCCCCCCCCCCCCCC[C@@H](O)C[C@H](O)[C@@H](O)CCCCCC. The molecule has 0 aromatic heterocycles. The fraction of sp³-hybridized carbons (Fsp3) is 1.00. The smallest absolute Gasteiger partial charge is 0.0823 e. The molecule has 0 spiro atoms. The van der Waals surface area contributed by atoms with Crippen molar-refractivity contribution in [3.8, 4) is 0 Å². The number of hydrogen-bond acceptors (Lipinski definition) is 3. The van der Waals surface area contributed by atoms with Crippen molar-refractivity contribution in [2.45, 2.75) is 186 Å². The highest BCUT2D eigenvalue weighted by Gasteiger charge is 2.19. The average Bonchev–Trinajstić information content (AvgIpc) is 2.78. The molecule has 0 rings (SSSR count). The van der Waals surface area contributed by atoms with E-state index in [1.165, 1.54) is 116 Å². The van der Waals surface area contributed by atoms with Gasteiger partial charge >= 0.3 is 0 Å². The van der Waals surface area contributed by atoms with Gasteiger partial charge in [-0.05, 0) is 12.8 Å². The van der Waals surface area contributed by atoms with E-state index in [0.29, 0.717) is 12.8 Å². The Balaban J connectivity index is 3.32. The number of hydrogen-bond donors (Lipinski definition) is 3. The van der Waals surface area contributed by atoms with Gasteiger partial charge in [-0.3, -0.25) is 0 Å². The predicted molar refractivity (Wildman–Crippen MR) is 140 cm³/mol. The molecule has 0 unspecified atom stereocenters. The van der Waals surface area contributed by atoms with Crippen LogP contribution in [-0.2, 0) is 0 Å². The van der Waals surface area contributed by atoms with Crippen molar-refractivity contribution in [1.82, 2.24) is 0 Å². The first-order chi connectivity index (χ1) is 15.6. The van der Waals surface area contributed by atoms with Crippen molar-refractivity contribution >= 4 is 0 Å². The molecule has 32 heavy (non-hydrogen) atoms. The maximum atomic E-state index is 10.1. The topological polar surface area (TPSA) is 60.7 Å². The summed E-state index contributed by atoms with van der Waals surface area (Å²) in [6, 6.07) is 0. The summed E-state index contributed by atoms with van der Waals surface area (Å²) in [7, 11) is 0. The lowest BCUT2D eigenvalue weighted by Gasteiger charge is -2.20. The zero-order valence-corrected chi connectivity index (χ0v) is 22.0. The summed E-state index contributed by atoms with van der Waals surface area (Å²) in [5.41, 5.74) is 0. The molecule has 0 aliphatic carbocycles. The molecule has 0 saturated heterocycles. The number of rotatable bonds is 26. The fourth-order valence-electron chi connectivity index (χ4n) is 4.63. The minimum atomic E-state index is -0.780. The Labute approximate surface area is 201 Å². The van der Waals surface area contributed by atoms with E-state index in [-0.39, 0.29) is 0 Å². The first kappa shape index (κ1) is 31.9. The lowest BCUT2D eigenvalue weighted by Crippen LogP contribution is -2.30. The first-order valence-electron chi connectivity index (χ1n) is 14.7. The van der Waals surface area contributed by atoms with Gasteiger partial charge in [-0.2, -0.15) is 0 Å². The zero-order valence-electron chi connectivity index (χ0n) is 22.0. The molecule has 0 aliphatic rings. The first-order valence-corrected chi connectivity index (χ1v) is 14.7. The third-order valence-corrected chi connectivity index (χ3v) is 6.95.